The van der Waals surface area contributed by atoms with Crippen LogP contribution in [0.5, 0.6) is 0 Å². The first-order chi connectivity index (χ1) is 10.7. The zero-order valence-electron chi connectivity index (χ0n) is 14.7. The highest BCUT2D eigenvalue weighted by molar-refractivity contribution is 7.89. The number of aryl methyl sites for hydroxylation is 1. The zero-order valence-corrected chi connectivity index (χ0v) is 16.6. The lowest BCUT2D eigenvalue weighted by Gasteiger charge is -2.22. The first kappa shape index (κ1) is 17.2. The van der Waals surface area contributed by atoms with Gasteiger partial charge in [0.2, 0.25) is 10.0 Å². The largest absolute Gasteiger partial charge is 0.243 e. The molecule has 1 saturated heterocycles. The summed E-state index contributed by atoms with van der Waals surface area (Å²) in [6, 6.07) is 7.59. The van der Waals surface area contributed by atoms with Gasteiger partial charge < -0.3 is 0 Å². The molecule has 3 nitrogen and oxygen atoms in total. The van der Waals surface area contributed by atoms with E-state index in [0.29, 0.717) is 10.8 Å². The fourth-order valence-electron chi connectivity index (χ4n) is 4.21. The molecule has 1 aromatic carbocycles. The van der Waals surface area contributed by atoms with Gasteiger partial charge in [0.1, 0.15) is 0 Å². The van der Waals surface area contributed by atoms with Crippen LogP contribution in [0.25, 0.3) is 0 Å². The van der Waals surface area contributed by atoms with Crippen molar-refractivity contribution >= 4 is 18.1 Å². The molecule has 2 fully saturated rings. The summed E-state index contributed by atoms with van der Waals surface area (Å²) in [7, 11) is -4.89. The second-order valence-electron chi connectivity index (χ2n) is 8.35. The highest BCUT2D eigenvalue weighted by Crippen LogP contribution is 2.48. The van der Waals surface area contributed by atoms with Gasteiger partial charge in [-0.3, -0.25) is 0 Å². The molecule has 0 N–H and O–H groups in total. The zero-order chi connectivity index (χ0) is 16.8. The Labute approximate surface area is 142 Å². The van der Waals surface area contributed by atoms with E-state index in [-0.39, 0.29) is 11.7 Å². The molecule has 0 amide bonds. The van der Waals surface area contributed by atoms with Crippen LogP contribution in [-0.2, 0) is 10.0 Å². The minimum absolute atomic E-state index is 0.258. The normalized spacial score (nSPS) is 29.5. The van der Waals surface area contributed by atoms with E-state index < -0.39 is 18.1 Å². The van der Waals surface area contributed by atoms with Crippen molar-refractivity contribution in [1.82, 2.24) is 4.31 Å². The lowest BCUT2D eigenvalue weighted by atomic mass is 9.87. The minimum atomic E-state index is -3.35. The number of rotatable bonds is 4. The van der Waals surface area contributed by atoms with Crippen LogP contribution in [0.2, 0.25) is 19.6 Å². The molecule has 3 atom stereocenters. The summed E-state index contributed by atoms with van der Waals surface area (Å²) in [5.41, 5.74) is 1.37. The smallest absolute Gasteiger partial charge is 0.207 e. The van der Waals surface area contributed by atoms with Crippen molar-refractivity contribution in [2.45, 2.75) is 75.3 Å². The molecule has 1 aliphatic carbocycles. The Kier molecular flexibility index (Phi) is 4.49. The number of hydrogen-bond donors (Lipinski definition) is 0. The molecule has 1 heterocycles. The van der Waals surface area contributed by atoms with Crippen molar-refractivity contribution in [2.24, 2.45) is 5.92 Å². The highest BCUT2D eigenvalue weighted by Gasteiger charge is 2.62. The Balaban J connectivity index is 1.91. The van der Waals surface area contributed by atoms with Crippen LogP contribution in [0.3, 0.4) is 0 Å². The Morgan fingerprint density at radius 1 is 1.00 bits per heavy atom. The topological polar surface area (TPSA) is 37.1 Å². The van der Waals surface area contributed by atoms with E-state index in [0.717, 1.165) is 5.56 Å². The summed E-state index contributed by atoms with van der Waals surface area (Å²) in [6.07, 6.45) is 6.23. The van der Waals surface area contributed by atoms with Crippen molar-refractivity contribution in [1.29, 1.82) is 0 Å². The average Bonchev–Trinajstić information content (AvgIpc) is 3.25. The van der Waals surface area contributed by atoms with Crippen molar-refractivity contribution in [3.8, 4) is 0 Å². The van der Waals surface area contributed by atoms with E-state index in [2.05, 4.69) is 19.6 Å². The molecule has 1 saturated carbocycles. The van der Waals surface area contributed by atoms with Crippen molar-refractivity contribution in [3.05, 3.63) is 29.8 Å². The summed E-state index contributed by atoms with van der Waals surface area (Å²) in [4.78, 5) is 0.463. The van der Waals surface area contributed by atoms with E-state index in [1.54, 1.807) is 12.1 Å². The Morgan fingerprint density at radius 3 is 2.09 bits per heavy atom. The van der Waals surface area contributed by atoms with Gasteiger partial charge in [-0.05, 0) is 37.8 Å². The molecule has 0 bridgehead atoms. The molecule has 1 aromatic rings. The van der Waals surface area contributed by atoms with E-state index >= 15 is 0 Å². The summed E-state index contributed by atoms with van der Waals surface area (Å²) in [5.74, 6) is 0.570. The third-order valence-electron chi connectivity index (χ3n) is 5.42. The molecule has 0 spiro atoms. The number of sulfonamides is 1. The van der Waals surface area contributed by atoms with Crippen molar-refractivity contribution < 1.29 is 8.42 Å². The Morgan fingerprint density at radius 2 is 1.57 bits per heavy atom. The molecular weight excluding hydrogens is 322 g/mol. The molecule has 23 heavy (non-hydrogen) atoms. The number of nitrogens with zero attached hydrogens (tertiary/aromatic N) is 1. The molecule has 128 valence electrons. The summed E-state index contributed by atoms with van der Waals surface area (Å²) in [6.45, 7) is 8.90. The number of hydrogen-bond acceptors (Lipinski definition) is 2. The van der Waals surface area contributed by atoms with Gasteiger partial charge in [0.05, 0.1) is 13.0 Å². The van der Waals surface area contributed by atoms with Gasteiger partial charge in [-0.25, -0.2) is 8.42 Å². The Bertz CT molecular complexity index is 657. The van der Waals surface area contributed by atoms with Gasteiger partial charge in [-0.15, -0.1) is 0 Å². The maximum absolute atomic E-state index is 13.2. The second-order valence-corrected chi connectivity index (χ2v) is 15.5. The SMILES string of the molecule is Cc1ccc(S(=O)(=O)N2[C@H](C3CCCCC3)[C@@H]2[Si](C)(C)C)cc1. The monoisotopic (exact) mass is 351 g/mol. The molecule has 3 rings (SSSR count). The molecule has 1 unspecified atom stereocenters. The fraction of sp³-hybridized carbons (Fsp3) is 0.667. The van der Waals surface area contributed by atoms with Crippen LogP contribution < -0.4 is 0 Å². The van der Waals surface area contributed by atoms with Gasteiger partial charge >= 0.3 is 0 Å². The van der Waals surface area contributed by atoms with Gasteiger partial charge in [-0.1, -0.05) is 56.6 Å². The first-order valence-corrected chi connectivity index (χ1v) is 13.8. The van der Waals surface area contributed by atoms with Gasteiger partial charge in [0.15, 0.2) is 0 Å². The summed E-state index contributed by atoms with van der Waals surface area (Å²) in [5, 5.41) is 0. The molecule has 0 radical (unpaired) electrons. The number of benzene rings is 1. The quantitative estimate of drug-likeness (QED) is 0.602. The predicted molar refractivity (Wildman–Crippen MR) is 97.7 cm³/mol. The third-order valence-corrected chi connectivity index (χ3v) is 9.89. The van der Waals surface area contributed by atoms with E-state index in [4.69, 9.17) is 0 Å². The minimum Gasteiger partial charge on any atom is -0.207 e. The maximum atomic E-state index is 13.2. The van der Waals surface area contributed by atoms with Crippen LogP contribution in [0.1, 0.15) is 37.7 Å². The van der Waals surface area contributed by atoms with Crippen LogP contribution >= 0.6 is 0 Å². The van der Waals surface area contributed by atoms with Crippen LogP contribution in [0, 0.1) is 12.8 Å². The van der Waals surface area contributed by atoms with Crippen LogP contribution in [-0.4, -0.2) is 32.5 Å². The highest BCUT2D eigenvalue weighted by atomic mass is 32.2. The lowest BCUT2D eigenvalue weighted by Crippen LogP contribution is -2.34. The van der Waals surface area contributed by atoms with Gasteiger partial charge in [0, 0.05) is 11.7 Å². The standard InChI is InChI=1S/C18H29NO2SSi/c1-14-10-12-16(13-11-14)22(20,21)19-17(18(19)23(2,3)4)15-8-6-5-7-9-15/h10-13,15,17-18H,5-9H2,1-4H3/t17-,18+,19?/m1/s1. The average molecular weight is 352 g/mol. The van der Waals surface area contributed by atoms with Crippen molar-refractivity contribution in [2.75, 3.05) is 0 Å². The maximum Gasteiger partial charge on any atom is 0.243 e. The van der Waals surface area contributed by atoms with Gasteiger partial charge in [-0.2, -0.15) is 4.31 Å². The lowest BCUT2D eigenvalue weighted by molar-refractivity contribution is 0.336. The third kappa shape index (κ3) is 3.28. The predicted octanol–water partition coefficient (Wildman–Crippen LogP) is 4.19. The molecule has 0 aromatic heterocycles. The summed E-state index contributed by atoms with van der Waals surface area (Å²) >= 11 is 0. The van der Waals surface area contributed by atoms with Crippen molar-refractivity contribution in [3.63, 3.8) is 0 Å². The van der Waals surface area contributed by atoms with E-state index in [9.17, 15) is 8.42 Å². The Hall–Kier alpha value is -0.653. The second kappa shape index (κ2) is 6.01. The van der Waals surface area contributed by atoms with E-state index in [1.165, 1.54) is 32.1 Å². The first-order valence-electron chi connectivity index (χ1n) is 8.83. The van der Waals surface area contributed by atoms with Crippen LogP contribution in [0.15, 0.2) is 29.2 Å². The summed E-state index contributed by atoms with van der Waals surface area (Å²) < 4.78 is 28.2. The molecule has 2 aliphatic rings. The van der Waals surface area contributed by atoms with Crippen LogP contribution in [0.4, 0.5) is 0 Å². The molecule has 1 aliphatic heterocycles. The van der Waals surface area contributed by atoms with E-state index in [1.807, 2.05) is 23.4 Å². The molecular formula is C18H29NO2SSi. The van der Waals surface area contributed by atoms with Gasteiger partial charge in [0.25, 0.3) is 0 Å². The fourth-order valence-corrected chi connectivity index (χ4v) is 9.69. The molecule has 5 heteroatoms.